The number of hydrogen-bond donors (Lipinski definition) is 1. The highest BCUT2D eigenvalue weighted by Crippen LogP contribution is 2.31. The van der Waals surface area contributed by atoms with E-state index in [4.69, 9.17) is 37.9 Å². The van der Waals surface area contributed by atoms with Crippen molar-refractivity contribution in [3.63, 3.8) is 0 Å². The van der Waals surface area contributed by atoms with Gasteiger partial charge in [0.25, 0.3) is 0 Å². The van der Waals surface area contributed by atoms with Gasteiger partial charge >= 0.3 is 5.97 Å². The number of rotatable bonds is 40. The summed E-state index contributed by atoms with van der Waals surface area (Å²) in [5, 5.41) is 9.35. The molecule has 1 saturated heterocycles. The van der Waals surface area contributed by atoms with Gasteiger partial charge in [-0.3, -0.25) is 4.79 Å². The van der Waals surface area contributed by atoms with E-state index in [0.29, 0.717) is 77.2 Å². The van der Waals surface area contributed by atoms with Gasteiger partial charge in [0.15, 0.2) is 5.79 Å². The molecule has 0 saturated carbocycles. The smallest absolute Gasteiger partial charge is 0.308 e. The Morgan fingerprint density at radius 2 is 0.964 bits per heavy atom. The number of unbranched alkanes of at least 4 members (excludes halogenated alkanes) is 12. The van der Waals surface area contributed by atoms with E-state index in [1.165, 1.54) is 77.0 Å². The van der Waals surface area contributed by atoms with Crippen molar-refractivity contribution in [2.45, 2.75) is 176 Å². The molecule has 8 atom stereocenters. The molecule has 0 aromatic rings. The molecule has 0 amide bonds. The minimum absolute atomic E-state index is 0.134. The van der Waals surface area contributed by atoms with Gasteiger partial charge in [-0.2, -0.15) is 0 Å². The van der Waals surface area contributed by atoms with Crippen LogP contribution >= 0.6 is 0 Å². The Labute approximate surface area is 338 Å². The van der Waals surface area contributed by atoms with E-state index in [1.807, 2.05) is 0 Å². The van der Waals surface area contributed by atoms with Crippen LogP contribution in [0, 0.1) is 29.6 Å². The molecule has 1 fully saturated rings. The highest BCUT2D eigenvalue weighted by Gasteiger charge is 2.42. The molecular formula is C45H88O10. The zero-order chi connectivity index (χ0) is 40.6. The second-order valence-corrected chi connectivity index (χ2v) is 17.3. The van der Waals surface area contributed by atoms with Gasteiger partial charge in [-0.1, -0.05) is 132 Å². The van der Waals surface area contributed by atoms with E-state index < -0.39 is 11.8 Å². The summed E-state index contributed by atoms with van der Waals surface area (Å²) in [6.45, 7) is 24.7. The molecule has 328 valence electrons. The van der Waals surface area contributed by atoms with Crippen LogP contribution in [0.5, 0.6) is 0 Å². The van der Waals surface area contributed by atoms with Gasteiger partial charge < -0.3 is 43.0 Å². The number of hydrogen-bond acceptors (Lipinski definition) is 9. The maximum atomic E-state index is 11.4. The van der Waals surface area contributed by atoms with Gasteiger partial charge in [0.1, 0.15) is 6.10 Å². The highest BCUT2D eigenvalue weighted by molar-refractivity contribution is 5.67. The molecule has 10 heteroatoms. The van der Waals surface area contributed by atoms with Crippen LogP contribution in [-0.2, 0) is 42.7 Å². The fraction of sp³-hybridized carbons (Fsp3) is 0.978. The van der Waals surface area contributed by atoms with Crippen LogP contribution in [0.3, 0.4) is 0 Å². The molecule has 55 heavy (non-hydrogen) atoms. The highest BCUT2D eigenvalue weighted by atomic mass is 16.8. The second-order valence-electron chi connectivity index (χ2n) is 17.3. The Morgan fingerprint density at radius 1 is 0.582 bits per heavy atom. The first kappa shape index (κ1) is 52.2. The summed E-state index contributed by atoms with van der Waals surface area (Å²) in [4.78, 5) is 11.4. The summed E-state index contributed by atoms with van der Waals surface area (Å²) in [7, 11) is 0. The molecule has 0 bridgehead atoms. The van der Waals surface area contributed by atoms with Crippen molar-refractivity contribution in [3.8, 4) is 0 Å². The van der Waals surface area contributed by atoms with Crippen LogP contribution in [0.2, 0.25) is 0 Å². The number of aliphatic carboxylic acids is 1. The summed E-state index contributed by atoms with van der Waals surface area (Å²) >= 11 is 0. The van der Waals surface area contributed by atoms with E-state index in [1.54, 1.807) is 6.92 Å². The molecule has 0 radical (unpaired) electrons. The Morgan fingerprint density at radius 3 is 1.36 bits per heavy atom. The summed E-state index contributed by atoms with van der Waals surface area (Å²) in [5.41, 5.74) is 0. The Hall–Kier alpha value is -0.850. The summed E-state index contributed by atoms with van der Waals surface area (Å²) in [5.74, 6) is -0.469. The first-order valence-electron chi connectivity index (χ1n) is 22.5. The lowest BCUT2D eigenvalue weighted by Gasteiger charge is -2.27. The summed E-state index contributed by atoms with van der Waals surface area (Å²) in [6, 6.07) is 0. The van der Waals surface area contributed by atoms with Gasteiger partial charge in [-0.15, -0.1) is 0 Å². The van der Waals surface area contributed by atoms with Crippen molar-refractivity contribution >= 4 is 5.97 Å². The molecule has 1 aliphatic rings. The molecule has 0 spiro atoms. The van der Waals surface area contributed by atoms with E-state index >= 15 is 0 Å². The van der Waals surface area contributed by atoms with Gasteiger partial charge in [0.05, 0.1) is 85.2 Å². The van der Waals surface area contributed by atoms with Crippen LogP contribution in [0.25, 0.3) is 0 Å². The quantitative estimate of drug-likeness (QED) is 0.0603. The van der Waals surface area contributed by atoms with Crippen LogP contribution < -0.4 is 0 Å². The molecule has 1 aliphatic heterocycles. The summed E-state index contributed by atoms with van der Waals surface area (Å²) < 4.78 is 47.9. The minimum Gasteiger partial charge on any atom is -0.481 e. The largest absolute Gasteiger partial charge is 0.481 e. The molecule has 0 aliphatic carbocycles. The Kier molecular flexibility index (Phi) is 32.3. The second kappa shape index (κ2) is 34.1. The van der Waals surface area contributed by atoms with E-state index in [-0.39, 0.29) is 30.5 Å². The van der Waals surface area contributed by atoms with Crippen LogP contribution in [0.1, 0.15) is 158 Å². The van der Waals surface area contributed by atoms with Crippen molar-refractivity contribution < 1.29 is 47.8 Å². The number of ether oxygens (including phenoxy) is 8. The standard InChI is InChI=1S/C45H88O10/c1-9-11-12-13-14-15-16-17-18-19-20-21-22-23-42(43-36-54-45(8,55-43)25-44(46)47)53-35-41(7)34-52-33-40(6)32-51-31-39(5)30-50-29-38(4)28-49-27-37(3)26-48-24-10-2/h37-43H,9-36H2,1-8H3,(H,46,47). The lowest BCUT2D eigenvalue weighted by atomic mass is 10.0. The fourth-order valence-electron chi connectivity index (χ4n) is 6.78. The van der Waals surface area contributed by atoms with Crippen molar-refractivity contribution in [2.75, 3.05) is 79.3 Å². The lowest BCUT2D eigenvalue weighted by Crippen LogP contribution is -2.36. The number of carbonyl (C=O) groups is 1. The molecule has 0 aromatic carbocycles. The zero-order valence-corrected chi connectivity index (χ0v) is 37.0. The third-order valence-electron chi connectivity index (χ3n) is 10.00. The minimum atomic E-state index is -1.11. The monoisotopic (exact) mass is 789 g/mol. The van der Waals surface area contributed by atoms with E-state index in [9.17, 15) is 9.90 Å². The molecule has 1 heterocycles. The SMILES string of the molecule is CCCCCCCCCCCCCCCC(OCC(C)COCC(C)COCC(C)COCC(C)COCC(C)COCCC)C1COC(C)(CC(=O)O)O1. The Bertz CT molecular complexity index is 877. The van der Waals surface area contributed by atoms with E-state index in [0.717, 1.165) is 39.1 Å². The maximum Gasteiger partial charge on any atom is 0.308 e. The predicted octanol–water partition coefficient (Wildman–Crippen LogP) is 10.1. The third-order valence-corrected chi connectivity index (χ3v) is 10.00. The molecule has 1 rings (SSSR count). The molecule has 0 aromatic heterocycles. The van der Waals surface area contributed by atoms with Crippen LogP contribution in [0.4, 0.5) is 0 Å². The fourth-order valence-corrected chi connectivity index (χ4v) is 6.78. The maximum absolute atomic E-state index is 11.4. The first-order valence-corrected chi connectivity index (χ1v) is 22.5. The first-order chi connectivity index (χ1) is 26.5. The predicted molar refractivity (Wildman–Crippen MR) is 222 cm³/mol. The zero-order valence-electron chi connectivity index (χ0n) is 37.0. The average Bonchev–Trinajstić information content (AvgIpc) is 3.51. The Balaban J connectivity index is 2.25. The molecule has 1 N–H and O–H groups in total. The topological polar surface area (TPSA) is 111 Å². The molecule has 10 nitrogen and oxygen atoms in total. The van der Waals surface area contributed by atoms with Crippen molar-refractivity contribution in [1.82, 2.24) is 0 Å². The third kappa shape index (κ3) is 29.9. The molecular weight excluding hydrogens is 700 g/mol. The van der Waals surface area contributed by atoms with Crippen LogP contribution in [0.15, 0.2) is 0 Å². The van der Waals surface area contributed by atoms with Crippen molar-refractivity contribution in [1.29, 1.82) is 0 Å². The normalized spacial score (nSPS) is 20.7. The average molecular weight is 789 g/mol. The van der Waals surface area contributed by atoms with Crippen molar-refractivity contribution in [3.05, 3.63) is 0 Å². The van der Waals surface area contributed by atoms with E-state index in [2.05, 4.69) is 48.5 Å². The van der Waals surface area contributed by atoms with Gasteiger partial charge in [-0.05, 0) is 19.8 Å². The van der Waals surface area contributed by atoms with Crippen molar-refractivity contribution in [2.24, 2.45) is 29.6 Å². The number of carboxylic acids is 1. The summed E-state index contributed by atoms with van der Waals surface area (Å²) in [6.07, 6.45) is 18.4. The van der Waals surface area contributed by atoms with Gasteiger partial charge in [0.2, 0.25) is 0 Å². The number of carboxylic acid groups (broad SMARTS) is 1. The lowest BCUT2D eigenvalue weighted by molar-refractivity contribution is -0.186. The van der Waals surface area contributed by atoms with Gasteiger partial charge in [0, 0.05) is 36.2 Å². The van der Waals surface area contributed by atoms with Gasteiger partial charge in [-0.25, -0.2) is 0 Å². The molecule has 8 unspecified atom stereocenters. The van der Waals surface area contributed by atoms with Crippen LogP contribution in [-0.4, -0.2) is 108 Å².